The van der Waals surface area contributed by atoms with E-state index in [0.717, 1.165) is 11.1 Å². The molecule has 122 valence electrons. The Morgan fingerprint density at radius 2 is 1.38 bits per heavy atom. The topological polar surface area (TPSA) is 70.5 Å². The van der Waals surface area contributed by atoms with Gasteiger partial charge < -0.3 is 20.9 Å². The van der Waals surface area contributed by atoms with Gasteiger partial charge in [0.2, 0.25) is 6.79 Å². The summed E-state index contributed by atoms with van der Waals surface area (Å²) < 4.78 is 24.0. The van der Waals surface area contributed by atoms with Crippen LogP contribution in [-0.4, -0.2) is 6.79 Å². The second kappa shape index (κ2) is 6.91. The maximum Gasteiger partial charge on any atom is 0.230 e. The van der Waals surface area contributed by atoms with E-state index in [4.69, 9.17) is 20.9 Å². The Balaban J connectivity index is 1.59. The molecule has 5 heteroatoms. The highest BCUT2D eigenvalue weighted by Crippen LogP contribution is 2.25. The van der Waals surface area contributed by atoms with Gasteiger partial charge in [-0.15, -0.1) is 0 Å². The van der Waals surface area contributed by atoms with Crippen molar-refractivity contribution in [2.75, 3.05) is 18.3 Å². The summed E-state index contributed by atoms with van der Waals surface area (Å²) in [6.45, 7) is 0.0318. The van der Waals surface area contributed by atoms with Crippen LogP contribution < -0.4 is 20.9 Å². The Morgan fingerprint density at radius 3 is 2.00 bits per heavy atom. The minimum atomic E-state index is -0.252. The summed E-state index contributed by atoms with van der Waals surface area (Å²) in [4.78, 5) is 0. The summed E-state index contributed by atoms with van der Waals surface area (Å²) in [6.07, 6.45) is 0. The van der Waals surface area contributed by atoms with E-state index >= 15 is 0 Å². The Labute approximate surface area is 139 Å². The van der Waals surface area contributed by atoms with Gasteiger partial charge >= 0.3 is 0 Å². The highest BCUT2D eigenvalue weighted by molar-refractivity contribution is 5.64. The number of rotatable bonds is 5. The number of hydrogen-bond acceptors (Lipinski definition) is 4. The number of ether oxygens (including phenoxy) is 2. The maximum atomic E-state index is 12.9. The number of halogens is 1. The molecular weight excluding hydrogens is 307 g/mol. The quantitative estimate of drug-likeness (QED) is 0.548. The van der Waals surface area contributed by atoms with Gasteiger partial charge in [-0.2, -0.15) is 0 Å². The van der Waals surface area contributed by atoms with E-state index in [-0.39, 0.29) is 12.6 Å². The van der Waals surface area contributed by atoms with Gasteiger partial charge in [0.05, 0.1) is 5.69 Å². The zero-order chi connectivity index (χ0) is 16.9. The molecular formula is C19H17FN2O2. The molecule has 0 heterocycles. The molecule has 0 aromatic heterocycles. The Kier molecular flexibility index (Phi) is 4.52. The third kappa shape index (κ3) is 3.76. The largest absolute Gasteiger partial charge is 0.457 e. The van der Waals surface area contributed by atoms with E-state index in [2.05, 4.69) is 0 Å². The van der Waals surface area contributed by atoms with Crippen molar-refractivity contribution >= 4 is 11.4 Å². The Hall–Kier alpha value is -3.21. The molecule has 24 heavy (non-hydrogen) atoms. The number of benzene rings is 3. The fourth-order valence-corrected chi connectivity index (χ4v) is 2.25. The second-order valence-electron chi connectivity index (χ2n) is 5.24. The smallest absolute Gasteiger partial charge is 0.230 e. The Morgan fingerprint density at radius 1 is 0.750 bits per heavy atom. The minimum absolute atomic E-state index is 0.0318. The van der Waals surface area contributed by atoms with Crippen LogP contribution in [0.5, 0.6) is 11.5 Å². The third-order valence-electron chi connectivity index (χ3n) is 3.51. The molecule has 0 unspecified atom stereocenters. The minimum Gasteiger partial charge on any atom is -0.457 e. The van der Waals surface area contributed by atoms with Crippen LogP contribution in [0.2, 0.25) is 0 Å². The lowest BCUT2D eigenvalue weighted by molar-refractivity contribution is 0.120. The van der Waals surface area contributed by atoms with Crippen molar-refractivity contribution < 1.29 is 13.9 Å². The first kappa shape index (κ1) is 15.7. The van der Waals surface area contributed by atoms with Crippen LogP contribution in [0.3, 0.4) is 0 Å². The second-order valence-corrected chi connectivity index (χ2v) is 5.24. The predicted octanol–water partition coefficient (Wildman–Crippen LogP) is 4.07. The number of nitrogens with two attached hydrogens (primary N) is 2. The first-order chi connectivity index (χ1) is 11.6. The fourth-order valence-electron chi connectivity index (χ4n) is 2.25. The van der Waals surface area contributed by atoms with Gasteiger partial charge in [0, 0.05) is 5.69 Å². The number of nitrogen functional groups attached to an aromatic ring is 2. The van der Waals surface area contributed by atoms with Crippen molar-refractivity contribution in [1.29, 1.82) is 0 Å². The van der Waals surface area contributed by atoms with Gasteiger partial charge in [-0.05, 0) is 53.6 Å². The SMILES string of the molecule is Nc1ccc(OCOc2ccc(-c3ccc(F)cc3)cc2)c(N)c1. The Bertz CT molecular complexity index is 818. The number of hydrogen-bond donors (Lipinski definition) is 2. The van der Waals surface area contributed by atoms with Crippen LogP contribution in [0.25, 0.3) is 11.1 Å². The van der Waals surface area contributed by atoms with Crippen molar-refractivity contribution in [1.82, 2.24) is 0 Å². The summed E-state index contributed by atoms with van der Waals surface area (Å²) >= 11 is 0. The van der Waals surface area contributed by atoms with E-state index in [1.807, 2.05) is 24.3 Å². The normalized spacial score (nSPS) is 10.4. The highest BCUT2D eigenvalue weighted by Gasteiger charge is 2.02. The van der Waals surface area contributed by atoms with E-state index in [0.29, 0.717) is 22.9 Å². The molecule has 4 N–H and O–H groups in total. The third-order valence-corrected chi connectivity index (χ3v) is 3.51. The maximum absolute atomic E-state index is 12.9. The molecule has 0 aliphatic carbocycles. The lowest BCUT2D eigenvalue weighted by Gasteiger charge is -2.11. The molecule has 0 spiro atoms. The molecule has 0 aliphatic heterocycles. The molecule has 0 saturated heterocycles. The van der Waals surface area contributed by atoms with Crippen molar-refractivity contribution in [3.05, 3.63) is 72.5 Å². The highest BCUT2D eigenvalue weighted by atomic mass is 19.1. The standard InChI is InChI=1S/C19H17FN2O2/c20-15-5-1-13(2-6-15)14-3-8-17(9-4-14)23-12-24-19-10-7-16(21)11-18(19)22/h1-11H,12,21-22H2. The molecule has 0 aliphatic rings. The lowest BCUT2D eigenvalue weighted by Crippen LogP contribution is -2.07. The summed E-state index contributed by atoms with van der Waals surface area (Å²) in [5, 5.41) is 0. The predicted molar refractivity (Wildman–Crippen MR) is 93.2 cm³/mol. The van der Waals surface area contributed by atoms with Crippen molar-refractivity contribution in [3.63, 3.8) is 0 Å². The van der Waals surface area contributed by atoms with Crippen LogP contribution >= 0.6 is 0 Å². The van der Waals surface area contributed by atoms with Crippen molar-refractivity contribution in [2.45, 2.75) is 0 Å². The average Bonchev–Trinajstić information content (AvgIpc) is 2.58. The van der Waals surface area contributed by atoms with Gasteiger partial charge in [-0.3, -0.25) is 0 Å². The van der Waals surface area contributed by atoms with Gasteiger partial charge in [0.25, 0.3) is 0 Å². The molecule has 0 radical (unpaired) electrons. The zero-order valence-corrected chi connectivity index (χ0v) is 12.9. The average molecular weight is 324 g/mol. The van der Waals surface area contributed by atoms with Gasteiger partial charge in [0.1, 0.15) is 17.3 Å². The summed E-state index contributed by atoms with van der Waals surface area (Å²) in [6, 6.07) is 18.8. The molecule has 0 atom stereocenters. The van der Waals surface area contributed by atoms with E-state index in [1.54, 1.807) is 30.3 Å². The lowest BCUT2D eigenvalue weighted by atomic mass is 10.1. The van der Waals surface area contributed by atoms with Crippen molar-refractivity contribution in [2.24, 2.45) is 0 Å². The molecule has 3 aromatic carbocycles. The van der Waals surface area contributed by atoms with Gasteiger partial charge in [0.15, 0.2) is 0 Å². The van der Waals surface area contributed by atoms with Crippen LogP contribution in [0.4, 0.5) is 15.8 Å². The summed E-state index contributed by atoms with van der Waals surface area (Å²) in [5.74, 6) is 0.930. The monoisotopic (exact) mass is 324 g/mol. The molecule has 0 fully saturated rings. The van der Waals surface area contributed by atoms with Crippen LogP contribution in [0.15, 0.2) is 66.7 Å². The van der Waals surface area contributed by atoms with Crippen LogP contribution in [0.1, 0.15) is 0 Å². The molecule has 4 nitrogen and oxygen atoms in total. The van der Waals surface area contributed by atoms with Crippen LogP contribution in [-0.2, 0) is 0 Å². The zero-order valence-electron chi connectivity index (χ0n) is 12.9. The molecule has 3 aromatic rings. The number of anilines is 2. The molecule has 0 saturated carbocycles. The van der Waals surface area contributed by atoms with E-state index < -0.39 is 0 Å². The van der Waals surface area contributed by atoms with Gasteiger partial charge in [-0.1, -0.05) is 24.3 Å². The van der Waals surface area contributed by atoms with Crippen molar-refractivity contribution in [3.8, 4) is 22.6 Å². The first-order valence-corrected chi connectivity index (χ1v) is 7.38. The molecule has 3 rings (SSSR count). The molecule has 0 bridgehead atoms. The summed E-state index contributed by atoms with van der Waals surface area (Å²) in [5.41, 5.74) is 14.4. The molecule has 0 amide bonds. The van der Waals surface area contributed by atoms with Crippen LogP contribution in [0, 0.1) is 5.82 Å². The van der Waals surface area contributed by atoms with E-state index in [9.17, 15) is 4.39 Å². The fraction of sp³-hybridized carbons (Fsp3) is 0.0526. The van der Waals surface area contributed by atoms with E-state index in [1.165, 1.54) is 12.1 Å². The van der Waals surface area contributed by atoms with Gasteiger partial charge in [-0.25, -0.2) is 4.39 Å². The first-order valence-electron chi connectivity index (χ1n) is 7.38. The summed E-state index contributed by atoms with van der Waals surface area (Å²) in [7, 11) is 0.